The van der Waals surface area contributed by atoms with Crippen LogP contribution in [-0.4, -0.2) is 34.2 Å². The summed E-state index contributed by atoms with van der Waals surface area (Å²) in [5, 5.41) is 17.0. The number of Topliss-reactive ketones (excluding diaryl/α,β-unsaturated/α-hetero) is 1. The van der Waals surface area contributed by atoms with Gasteiger partial charge in [0.25, 0.3) is 0 Å². The number of carbonyl (C=O) groups is 2. The standard InChI is InChI=1S/C17H14N2O4S/c1-9(20)14-8-4-10(24-14)3-6-12-15-13(19-18-12)7-5-11(17(21)22)16(15)23-2/h3-8H,1-2H3,(H,18,19)(H,21,22)/b6-3+. The molecule has 2 aromatic heterocycles. The molecule has 3 aromatic rings. The summed E-state index contributed by atoms with van der Waals surface area (Å²) < 4.78 is 5.29. The number of aromatic amines is 1. The van der Waals surface area contributed by atoms with E-state index < -0.39 is 5.97 Å². The summed E-state index contributed by atoms with van der Waals surface area (Å²) >= 11 is 1.39. The Balaban J connectivity index is 2.05. The third-order valence-electron chi connectivity index (χ3n) is 3.52. The van der Waals surface area contributed by atoms with Crippen molar-refractivity contribution in [3.63, 3.8) is 0 Å². The highest BCUT2D eigenvalue weighted by Crippen LogP contribution is 2.32. The number of rotatable bonds is 5. The second-order valence-corrected chi connectivity index (χ2v) is 6.19. The highest BCUT2D eigenvalue weighted by atomic mass is 32.1. The number of nitrogens with one attached hydrogen (secondary N) is 1. The maximum atomic E-state index is 11.3. The van der Waals surface area contributed by atoms with Crippen LogP contribution in [-0.2, 0) is 0 Å². The zero-order valence-corrected chi connectivity index (χ0v) is 13.8. The number of aromatic nitrogens is 2. The number of H-pyrrole nitrogens is 1. The molecule has 0 saturated heterocycles. The largest absolute Gasteiger partial charge is 0.495 e. The van der Waals surface area contributed by atoms with Gasteiger partial charge in [0, 0.05) is 4.88 Å². The summed E-state index contributed by atoms with van der Waals surface area (Å²) in [6.07, 6.45) is 3.64. The van der Waals surface area contributed by atoms with Gasteiger partial charge in [-0.1, -0.05) is 0 Å². The van der Waals surface area contributed by atoms with Gasteiger partial charge < -0.3 is 9.84 Å². The SMILES string of the molecule is COc1c(C(=O)O)ccc2n[nH]c(/C=C/c3ccc(C(C)=O)s3)c12. The predicted molar refractivity (Wildman–Crippen MR) is 92.9 cm³/mol. The van der Waals surface area contributed by atoms with E-state index in [2.05, 4.69) is 10.2 Å². The number of nitrogens with zero attached hydrogens (tertiary/aromatic N) is 1. The molecule has 0 spiro atoms. The van der Waals surface area contributed by atoms with E-state index in [1.165, 1.54) is 31.4 Å². The Hall–Kier alpha value is -2.93. The highest BCUT2D eigenvalue weighted by Gasteiger charge is 2.18. The average molecular weight is 342 g/mol. The molecule has 7 heteroatoms. The zero-order valence-electron chi connectivity index (χ0n) is 13.0. The molecular weight excluding hydrogens is 328 g/mol. The smallest absolute Gasteiger partial charge is 0.339 e. The molecule has 0 saturated carbocycles. The topological polar surface area (TPSA) is 92.3 Å². The van der Waals surface area contributed by atoms with Crippen molar-refractivity contribution in [2.75, 3.05) is 7.11 Å². The van der Waals surface area contributed by atoms with Gasteiger partial charge in [0.2, 0.25) is 0 Å². The van der Waals surface area contributed by atoms with Crippen LogP contribution in [0.15, 0.2) is 24.3 Å². The summed E-state index contributed by atoms with van der Waals surface area (Å²) in [5.41, 5.74) is 1.34. The lowest BCUT2D eigenvalue weighted by molar-refractivity contribution is 0.0693. The Morgan fingerprint density at radius 1 is 1.25 bits per heavy atom. The molecule has 0 amide bonds. The Bertz CT molecular complexity index is 968. The van der Waals surface area contributed by atoms with Crippen molar-refractivity contribution in [3.8, 4) is 5.75 Å². The van der Waals surface area contributed by atoms with Crippen molar-refractivity contribution in [2.45, 2.75) is 6.92 Å². The molecule has 24 heavy (non-hydrogen) atoms. The van der Waals surface area contributed by atoms with Gasteiger partial charge >= 0.3 is 5.97 Å². The average Bonchev–Trinajstić information content (AvgIpc) is 3.18. The number of benzene rings is 1. The van der Waals surface area contributed by atoms with E-state index >= 15 is 0 Å². The lowest BCUT2D eigenvalue weighted by Crippen LogP contribution is -2.00. The van der Waals surface area contributed by atoms with Crippen LogP contribution >= 0.6 is 11.3 Å². The summed E-state index contributed by atoms with van der Waals surface area (Å²) in [7, 11) is 1.43. The van der Waals surface area contributed by atoms with E-state index in [1.807, 2.05) is 12.1 Å². The van der Waals surface area contributed by atoms with E-state index in [0.29, 0.717) is 21.5 Å². The molecule has 0 aliphatic carbocycles. The normalized spacial score (nSPS) is 11.2. The number of methoxy groups -OCH3 is 1. The third-order valence-corrected chi connectivity index (χ3v) is 4.68. The molecule has 2 heterocycles. The van der Waals surface area contributed by atoms with Gasteiger partial charge in [0.05, 0.1) is 28.6 Å². The fourth-order valence-electron chi connectivity index (χ4n) is 2.40. The molecule has 0 aliphatic rings. The van der Waals surface area contributed by atoms with E-state index in [0.717, 1.165) is 4.88 Å². The molecule has 0 radical (unpaired) electrons. The fraction of sp³-hybridized carbons (Fsp3) is 0.118. The minimum atomic E-state index is -1.06. The van der Waals surface area contributed by atoms with Crippen LogP contribution in [0.2, 0.25) is 0 Å². The summed E-state index contributed by atoms with van der Waals surface area (Å²) in [6, 6.07) is 6.74. The van der Waals surface area contributed by atoms with Crippen LogP contribution in [0.5, 0.6) is 5.75 Å². The molecule has 0 bridgehead atoms. The van der Waals surface area contributed by atoms with E-state index in [1.54, 1.807) is 18.2 Å². The van der Waals surface area contributed by atoms with Crippen LogP contribution in [0.25, 0.3) is 23.1 Å². The second kappa shape index (κ2) is 6.29. The predicted octanol–water partition coefficient (Wildman–Crippen LogP) is 3.70. The quantitative estimate of drug-likeness (QED) is 0.690. The van der Waals surface area contributed by atoms with Gasteiger partial charge in [0.15, 0.2) is 5.78 Å². The van der Waals surface area contributed by atoms with Crippen LogP contribution < -0.4 is 4.74 Å². The van der Waals surface area contributed by atoms with Crippen LogP contribution in [0.1, 0.15) is 37.5 Å². The number of carboxylic acid groups (broad SMARTS) is 1. The number of carboxylic acids is 1. The summed E-state index contributed by atoms with van der Waals surface area (Å²) in [6.45, 7) is 1.53. The van der Waals surface area contributed by atoms with Gasteiger partial charge in [-0.25, -0.2) is 4.79 Å². The first-order chi connectivity index (χ1) is 11.5. The van der Waals surface area contributed by atoms with Crippen molar-refractivity contribution < 1.29 is 19.4 Å². The zero-order chi connectivity index (χ0) is 17.3. The highest BCUT2D eigenvalue weighted by molar-refractivity contribution is 7.14. The molecule has 0 unspecified atom stereocenters. The van der Waals surface area contributed by atoms with Gasteiger partial charge in [-0.15, -0.1) is 11.3 Å². The maximum absolute atomic E-state index is 11.3. The molecule has 0 fully saturated rings. The van der Waals surface area contributed by atoms with Crippen molar-refractivity contribution in [2.24, 2.45) is 0 Å². The van der Waals surface area contributed by atoms with Crippen LogP contribution in [0.4, 0.5) is 0 Å². The third kappa shape index (κ3) is 2.81. The minimum absolute atomic E-state index is 0.0272. The number of fused-ring (bicyclic) bond motifs is 1. The summed E-state index contributed by atoms with van der Waals surface area (Å²) in [4.78, 5) is 24.3. The fourth-order valence-corrected chi connectivity index (χ4v) is 3.21. The van der Waals surface area contributed by atoms with Crippen molar-refractivity contribution in [1.82, 2.24) is 10.2 Å². The van der Waals surface area contributed by atoms with Crippen molar-refractivity contribution >= 4 is 46.1 Å². The number of hydrogen-bond donors (Lipinski definition) is 2. The van der Waals surface area contributed by atoms with E-state index in [9.17, 15) is 14.7 Å². The van der Waals surface area contributed by atoms with Crippen LogP contribution in [0.3, 0.4) is 0 Å². The first kappa shape index (κ1) is 15.9. The Morgan fingerprint density at radius 2 is 2.04 bits per heavy atom. The first-order valence-electron chi connectivity index (χ1n) is 7.08. The molecular formula is C17H14N2O4S. The second-order valence-electron chi connectivity index (χ2n) is 5.07. The van der Waals surface area contributed by atoms with Crippen molar-refractivity contribution in [1.29, 1.82) is 0 Å². The molecule has 0 aliphatic heterocycles. The van der Waals surface area contributed by atoms with Gasteiger partial charge in [-0.3, -0.25) is 9.89 Å². The Labute approximate surface area is 141 Å². The van der Waals surface area contributed by atoms with Gasteiger partial charge in [-0.05, 0) is 43.3 Å². The number of carbonyl (C=O) groups excluding carboxylic acids is 1. The van der Waals surface area contributed by atoms with Gasteiger partial charge in [0.1, 0.15) is 11.3 Å². The molecule has 0 atom stereocenters. The van der Waals surface area contributed by atoms with E-state index in [-0.39, 0.29) is 17.1 Å². The first-order valence-corrected chi connectivity index (χ1v) is 7.90. The lowest BCUT2D eigenvalue weighted by atomic mass is 10.1. The lowest BCUT2D eigenvalue weighted by Gasteiger charge is -2.06. The molecule has 122 valence electrons. The number of aromatic carboxylic acids is 1. The number of ketones is 1. The molecule has 6 nitrogen and oxygen atoms in total. The van der Waals surface area contributed by atoms with E-state index in [4.69, 9.17) is 4.74 Å². The van der Waals surface area contributed by atoms with Crippen LogP contribution in [0, 0.1) is 0 Å². The minimum Gasteiger partial charge on any atom is -0.495 e. The molecule has 3 rings (SSSR count). The Morgan fingerprint density at radius 3 is 2.67 bits per heavy atom. The molecule has 2 N–H and O–H groups in total. The van der Waals surface area contributed by atoms with Gasteiger partial charge in [-0.2, -0.15) is 5.10 Å². The monoisotopic (exact) mass is 342 g/mol. The maximum Gasteiger partial charge on any atom is 0.339 e. The number of hydrogen-bond acceptors (Lipinski definition) is 5. The number of ether oxygens (including phenoxy) is 1. The molecule has 1 aromatic carbocycles. The van der Waals surface area contributed by atoms with Crippen molar-refractivity contribution in [3.05, 3.63) is 45.3 Å². The number of thiophene rings is 1. The summed E-state index contributed by atoms with van der Waals surface area (Å²) in [5.74, 6) is -0.766. The Kier molecular flexibility index (Phi) is 4.18.